The Morgan fingerprint density at radius 1 is 1.00 bits per heavy atom. The lowest BCUT2D eigenvalue weighted by molar-refractivity contribution is 0.599. The molecule has 1 heterocycles. The summed E-state index contributed by atoms with van der Waals surface area (Å²) >= 11 is 6.91. The maximum atomic E-state index is 12.9. The van der Waals surface area contributed by atoms with Crippen LogP contribution in [0.3, 0.4) is 0 Å². The number of aromatic nitrogens is 2. The summed E-state index contributed by atoms with van der Waals surface area (Å²) in [6.07, 6.45) is 0. The van der Waals surface area contributed by atoms with Gasteiger partial charge in [-0.1, -0.05) is 35.1 Å². The first-order valence-electron chi connectivity index (χ1n) is 6.32. The molecule has 9 heteroatoms. The summed E-state index contributed by atoms with van der Waals surface area (Å²) in [5, 5.41) is 9.03. The summed E-state index contributed by atoms with van der Waals surface area (Å²) in [6, 6.07) is 11.5. The van der Waals surface area contributed by atoms with E-state index in [4.69, 9.17) is 11.6 Å². The number of nitrogens with zero attached hydrogens (tertiary/aromatic N) is 2. The summed E-state index contributed by atoms with van der Waals surface area (Å²) < 4.78 is 39.6. The van der Waals surface area contributed by atoms with Gasteiger partial charge in [-0.05, 0) is 36.4 Å². The van der Waals surface area contributed by atoms with E-state index in [1.807, 2.05) is 0 Å². The number of nitrogens with one attached hydrogen (secondary N) is 1. The molecule has 0 atom stereocenters. The predicted molar refractivity (Wildman–Crippen MR) is 87.6 cm³/mol. The largest absolute Gasteiger partial charge is 0.263 e. The van der Waals surface area contributed by atoms with Gasteiger partial charge in [-0.3, -0.25) is 4.72 Å². The second-order valence-corrected chi connectivity index (χ2v) is 7.58. The molecule has 0 aliphatic heterocycles. The van der Waals surface area contributed by atoms with Gasteiger partial charge < -0.3 is 0 Å². The van der Waals surface area contributed by atoms with Crippen LogP contribution in [0, 0.1) is 5.82 Å². The third-order valence-electron chi connectivity index (χ3n) is 2.86. The molecule has 0 spiro atoms. The quantitative estimate of drug-likeness (QED) is 0.759. The summed E-state index contributed by atoms with van der Waals surface area (Å²) in [6.45, 7) is 0. The Morgan fingerprint density at radius 2 is 1.65 bits per heavy atom. The Balaban J connectivity index is 1.83. The standard InChI is InChI=1S/C14H9ClFN3O2S2/c15-10-3-1-9(2-4-10)13-17-18-14(22-13)19-23(20,21)12-7-5-11(16)6-8-12/h1-8H,(H,18,19). The molecular formula is C14H9ClFN3O2S2. The lowest BCUT2D eigenvalue weighted by Gasteiger charge is -2.03. The van der Waals surface area contributed by atoms with Gasteiger partial charge in [-0.15, -0.1) is 10.2 Å². The summed E-state index contributed by atoms with van der Waals surface area (Å²) in [5.74, 6) is -0.509. The number of rotatable bonds is 4. The molecule has 23 heavy (non-hydrogen) atoms. The fourth-order valence-corrected chi connectivity index (χ4v) is 3.87. The third-order valence-corrected chi connectivity index (χ3v) is 5.49. The fraction of sp³-hybridized carbons (Fsp3) is 0. The molecule has 0 unspecified atom stereocenters. The molecule has 5 nitrogen and oxygen atoms in total. The van der Waals surface area contributed by atoms with E-state index in [1.165, 1.54) is 12.1 Å². The topological polar surface area (TPSA) is 72.0 Å². The van der Waals surface area contributed by atoms with Crippen molar-refractivity contribution in [1.82, 2.24) is 10.2 Å². The highest BCUT2D eigenvalue weighted by Gasteiger charge is 2.17. The number of sulfonamides is 1. The molecule has 118 valence electrons. The number of hydrogen-bond acceptors (Lipinski definition) is 5. The van der Waals surface area contributed by atoms with E-state index in [-0.39, 0.29) is 10.0 Å². The summed E-state index contributed by atoms with van der Waals surface area (Å²) in [4.78, 5) is -0.0536. The Hall–Kier alpha value is -2.03. The SMILES string of the molecule is O=S(=O)(Nc1nnc(-c2ccc(Cl)cc2)s1)c1ccc(F)cc1. The van der Waals surface area contributed by atoms with Crippen molar-refractivity contribution < 1.29 is 12.8 Å². The van der Waals surface area contributed by atoms with Crippen LogP contribution in [0.15, 0.2) is 53.4 Å². The number of halogens is 2. The van der Waals surface area contributed by atoms with E-state index in [0.717, 1.165) is 29.0 Å². The molecule has 3 aromatic rings. The van der Waals surface area contributed by atoms with Gasteiger partial charge in [0.1, 0.15) is 10.8 Å². The van der Waals surface area contributed by atoms with Gasteiger partial charge in [-0.2, -0.15) is 0 Å². The molecular weight excluding hydrogens is 361 g/mol. The Bertz CT molecular complexity index is 925. The first-order chi connectivity index (χ1) is 10.9. The van der Waals surface area contributed by atoms with Crippen molar-refractivity contribution in [2.24, 2.45) is 0 Å². The molecule has 1 N–H and O–H groups in total. The Kier molecular flexibility index (Phi) is 4.29. The van der Waals surface area contributed by atoms with Gasteiger partial charge in [0.15, 0.2) is 0 Å². The highest BCUT2D eigenvalue weighted by atomic mass is 35.5. The van der Waals surface area contributed by atoms with Crippen LogP contribution in [0.2, 0.25) is 5.02 Å². The second kappa shape index (κ2) is 6.23. The first-order valence-corrected chi connectivity index (χ1v) is 9.00. The molecule has 0 saturated carbocycles. The van der Waals surface area contributed by atoms with Gasteiger partial charge in [0.2, 0.25) is 5.13 Å². The number of anilines is 1. The van der Waals surface area contributed by atoms with Crippen molar-refractivity contribution in [2.45, 2.75) is 4.90 Å². The maximum absolute atomic E-state index is 12.9. The zero-order chi connectivity index (χ0) is 16.4. The van der Waals surface area contributed by atoms with E-state index in [1.54, 1.807) is 24.3 Å². The molecule has 0 saturated heterocycles. The molecule has 1 aromatic heterocycles. The smallest absolute Gasteiger partial charge is 0.253 e. The van der Waals surface area contributed by atoms with Crippen LogP contribution < -0.4 is 4.72 Å². The number of hydrogen-bond donors (Lipinski definition) is 1. The zero-order valence-electron chi connectivity index (χ0n) is 11.4. The molecule has 0 aliphatic carbocycles. The van der Waals surface area contributed by atoms with E-state index in [2.05, 4.69) is 14.9 Å². The van der Waals surface area contributed by atoms with Crippen LogP contribution in [0.4, 0.5) is 9.52 Å². The Morgan fingerprint density at radius 3 is 2.30 bits per heavy atom. The van der Waals surface area contributed by atoms with Crippen LogP contribution in [-0.2, 0) is 10.0 Å². The van der Waals surface area contributed by atoms with Crippen molar-refractivity contribution in [2.75, 3.05) is 4.72 Å². The van der Waals surface area contributed by atoms with Crippen LogP contribution in [-0.4, -0.2) is 18.6 Å². The van der Waals surface area contributed by atoms with Crippen molar-refractivity contribution in [3.8, 4) is 10.6 Å². The van der Waals surface area contributed by atoms with Gasteiger partial charge in [-0.25, -0.2) is 12.8 Å². The van der Waals surface area contributed by atoms with Crippen LogP contribution in [0.1, 0.15) is 0 Å². The molecule has 2 aromatic carbocycles. The molecule has 0 aliphatic rings. The average molecular weight is 370 g/mol. The lowest BCUT2D eigenvalue weighted by atomic mass is 10.2. The number of benzene rings is 2. The maximum Gasteiger partial charge on any atom is 0.263 e. The highest BCUT2D eigenvalue weighted by molar-refractivity contribution is 7.93. The van der Waals surface area contributed by atoms with Crippen molar-refractivity contribution in [3.05, 3.63) is 59.4 Å². The predicted octanol–water partition coefficient (Wildman–Crippen LogP) is 3.80. The molecule has 0 fully saturated rings. The zero-order valence-corrected chi connectivity index (χ0v) is 13.8. The second-order valence-electron chi connectivity index (χ2n) is 4.48. The molecule has 0 bridgehead atoms. The van der Waals surface area contributed by atoms with E-state index in [9.17, 15) is 12.8 Å². The van der Waals surface area contributed by atoms with Gasteiger partial charge in [0, 0.05) is 10.6 Å². The van der Waals surface area contributed by atoms with Crippen LogP contribution in [0.25, 0.3) is 10.6 Å². The van der Waals surface area contributed by atoms with E-state index in [0.29, 0.717) is 10.0 Å². The molecule has 3 rings (SSSR count). The lowest BCUT2D eigenvalue weighted by Crippen LogP contribution is -2.12. The van der Waals surface area contributed by atoms with Crippen molar-refractivity contribution >= 4 is 38.1 Å². The minimum atomic E-state index is -3.84. The molecule has 0 radical (unpaired) electrons. The Labute approximate surface area is 140 Å². The minimum absolute atomic E-state index is 0.0536. The van der Waals surface area contributed by atoms with Crippen LogP contribution >= 0.6 is 22.9 Å². The van der Waals surface area contributed by atoms with E-state index >= 15 is 0 Å². The van der Waals surface area contributed by atoms with Gasteiger partial charge in [0.05, 0.1) is 4.90 Å². The highest BCUT2D eigenvalue weighted by Crippen LogP contribution is 2.28. The third kappa shape index (κ3) is 3.66. The van der Waals surface area contributed by atoms with Crippen LogP contribution in [0.5, 0.6) is 0 Å². The van der Waals surface area contributed by atoms with Gasteiger partial charge >= 0.3 is 0 Å². The monoisotopic (exact) mass is 369 g/mol. The van der Waals surface area contributed by atoms with Crippen molar-refractivity contribution in [1.29, 1.82) is 0 Å². The van der Waals surface area contributed by atoms with Gasteiger partial charge in [0.25, 0.3) is 10.0 Å². The summed E-state index contributed by atoms with van der Waals surface area (Å²) in [5.41, 5.74) is 0.777. The molecule has 0 amide bonds. The minimum Gasteiger partial charge on any atom is -0.253 e. The summed E-state index contributed by atoms with van der Waals surface area (Å²) in [7, 11) is -3.84. The van der Waals surface area contributed by atoms with Crippen molar-refractivity contribution in [3.63, 3.8) is 0 Å². The normalized spacial score (nSPS) is 11.4. The fourth-order valence-electron chi connectivity index (χ4n) is 1.76. The van der Waals surface area contributed by atoms with E-state index < -0.39 is 15.8 Å². The average Bonchev–Trinajstić information content (AvgIpc) is 2.96. The first kappa shape index (κ1) is 15.9.